The van der Waals surface area contributed by atoms with Crippen molar-refractivity contribution in [3.05, 3.63) is 16.9 Å². The second kappa shape index (κ2) is 6.80. The van der Waals surface area contributed by atoms with E-state index in [1.54, 1.807) is 6.20 Å². The molecule has 86 valence electrons. The van der Waals surface area contributed by atoms with E-state index in [2.05, 4.69) is 12.0 Å². The van der Waals surface area contributed by atoms with Crippen molar-refractivity contribution in [1.29, 1.82) is 0 Å². The van der Waals surface area contributed by atoms with Crippen LogP contribution in [-0.4, -0.2) is 23.1 Å². The summed E-state index contributed by atoms with van der Waals surface area (Å²) in [6.07, 6.45) is 3.76. The van der Waals surface area contributed by atoms with Crippen LogP contribution in [0.1, 0.15) is 25.5 Å². The molecule has 0 bridgehead atoms. The normalized spacial score (nSPS) is 10.9. The first kappa shape index (κ1) is 12.5. The molecule has 0 unspecified atom stereocenters. The molecular weight excluding hydrogens is 219 g/mol. The van der Waals surface area contributed by atoms with Crippen LogP contribution in [0.5, 0.6) is 0 Å². The van der Waals surface area contributed by atoms with Gasteiger partial charge >= 0.3 is 0 Å². The minimum absolute atomic E-state index is 0.245. The van der Waals surface area contributed by atoms with Crippen LogP contribution in [0.15, 0.2) is 6.20 Å². The second-order valence-corrected chi connectivity index (χ2v) is 3.69. The number of ether oxygens (including phenoxy) is 1. The fourth-order valence-corrected chi connectivity index (χ4v) is 1.36. The van der Waals surface area contributed by atoms with Crippen LogP contribution in [0.4, 0.5) is 4.39 Å². The molecule has 0 aromatic carbocycles. The maximum absolute atomic E-state index is 12.0. The first-order valence-corrected chi connectivity index (χ1v) is 5.51. The zero-order valence-electron chi connectivity index (χ0n) is 8.88. The summed E-state index contributed by atoms with van der Waals surface area (Å²) in [6, 6.07) is 0. The lowest BCUT2D eigenvalue weighted by Gasteiger charge is -2.00. The average molecular weight is 235 g/mol. The molecule has 0 radical (unpaired) electrons. The molecule has 0 N–H and O–H groups in total. The van der Waals surface area contributed by atoms with Gasteiger partial charge in [0.2, 0.25) is 0 Å². The van der Waals surface area contributed by atoms with Crippen molar-refractivity contribution in [2.75, 3.05) is 13.3 Å². The molecule has 0 aliphatic heterocycles. The highest BCUT2D eigenvalue weighted by Gasteiger charge is 2.06. The van der Waals surface area contributed by atoms with Gasteiger partial charge in [-0.2, -0.15) is 5.10 Å². The molecule has 0 saturated heterocycles. The van der Waals surface area contributed by atoms with Gasteiger partial charge in [-0.1, -0.05) is 24.9 Å². The predicted octanol–water partition coefficient (Wildman–Crippen LogP) is 2.82. The first-order chi connectivity index (χ1) is 7.27. The van der Waals surface area contributed by atoms with E-state index in [0.717, 1.165) is 12.8 Å². The minimum Gasteiger partial charge on any atom is -0.375 e. The second-order valence-electron chi connectivity index (χ2n) is 3.28. The predicted molar refractivity (Wildman–Crippen MR) is 57.8 cm³/mol. The molecule has 15 heavy (non-hydrogen) atoms. The van der Waals surface area contributed by atoms with Crippen LogP contribution in [0, 0.1) is 0 Å². The lowest BCUT2D eigenvalue weighted by Crippen LogP contribution is -2.02. The van der Waals surface area contributed by atoms with Crippen molar-refractivity contribution in [2.45, 2.75) is 32.9 Å². The number of hydrogen-bond acceptors (Lipinski definition) is 2. The first-order valence-electron chi connectivity index (χ1n) is 5.13. The van der Waals surface area contributed by atoms with Crippen molar-refractivity contribution >= 4 is 11.6 Å². The number of aryl methyl sites for hydroxylation is 1. The Hall–Kier alpha value is -0.610. The highest BCUT2D eigenvalue weighted by atomic mass is 35.5. The standard InChI is InChI=1S/C10H16ClFN2O/c1-2-3-6-15-8-10-9(11)7-14(13-10)5-4-12/h7H,2-6,8H2,1H3. The van der Waals surface area contributed by atoms with Crippen LogP contribution in [0.25, 0.3) is 0 Å². The largest absolute Gasteiger partial charge is 0.375 e. The average Bonchev–Trinajstić information content (AvgIpc) is 2.55. The number of aromatic nitrogens is 2. The number of rotatable bonds is 7. The van der Waals surface area contributed by atoms with Gasteiger partial charge in [0.05, 0.1) is 18.2 Å². The van der Waals surface area contributed by atoms with Crippen LogP contribution in [0.2, 0.25) is 5.02 Å². The van der Waals surface area contributed by atoms with Gasteiger partial charge in [-0.3, -0.25) is 4.68 Å². The van der Waals surface area contributed by atoms with Gasteiger partial charge in [0.1, 0.15) is 12.4 Å². The molecule has 1 aromatic rings. The summed E-state index contributed by atoms with van der Waals surface area (Å²) in [5.74, 6) is 0. The number of halogens is 2. The third-order valence-electron chi connectivity index (χ3n) is 1.98. The molecule has 0 spiro atoms. The van der Waals surface area contributed by atoms with Gasteiger partial charge < -0.3 is 4.74 Å². The highest BCUT2D eigenvalue weighted by Crippen LogP contribution is 2.14. The van der Waals surface area contributed by atoms with E-state index in [9.17, 15) is 4.39 Å². The van der Waals surface area contributed by atoms with E-state index < -0.39 is 6.67 Å². The lowest BCUT2D eigenvalue weighted by molar-refractivity contribution is 0.115. The Balaban J connectivity index is 2.39. The van der Waals surface area contributed by atoms with Gasteiger partial charge in [0.25, 0.3) is 0 Å². The summed E-state index contributed by atoms with van der Waals surface area (Å²) in [5.41, 5.74) is 0.682. The van der Waals surface area contributed by atoms with Crippen molar-refractivity contribution in [3.8, 4) is 0 Å². The highest BCUT2D eigenvalue weighted by molar-refractivity contribution is 6.31. The zero-order chi connectivity index (χ0) is 11.1. The third-order valence-corrected chi connectivity index (χ3v) is 2.30. The van der Waals surface area contributed by atoms with Gasteiger partial charge in [-0.05, 0) is 6.42 Å². The summed E-state index contributed by atoms with van der Waals surface area (Å²) in [7, 11) is 0. The van der Waals surface area contributed by atoms with Crippen LogP contribution in [-0.2, 0) is 17.9 Å². The maximum atomic E-state index is 12.0. The van der Waals surface area contributed by atoms with Crippen molar-refractivity contribution < 1.29 is 9.13 Å². The van der Waals surface area contributed by atoms with Crippen LogP contribution >= 0.6 is 11.6 Å². The van der Waals surface area contributed by atoms with Crippen LogP contribution < -0.4 is 0 Å². The summed E-state index contributed by atoms with van der Waals surface area (Å²) < 4.78 is 18.9. The summed E-state index contributed by atoms with van der Waals surface area (Å²) >= 11 is 5.91. The molecule has 0 saturated carbocycles. The molecule has 0 atom stereocenters. The lowest BCUT2D eigenvalue weighted by atomic mass is 10.4. The summed E-state index contributed by atoms with van der Waals surface area (Å²) in [4.78, 5) is 0. The van der Waals surface area contributed by atoms with Crippen LogP contribution in [0.3, 0.4) is 0 Å². The summed E-state index contributed by atoms with van der Waals surface area (Å²) in [6.45, 7) is 3.02. The van der Waals surface area contributed by atoms with E-state index in [1.165, 1.54) is 4.68 Å². The molecule has 3 nitrogen and oxygen atoms in total. The molecule has 0 fully saturated rings. The number of unbranched alkanes of at least 4 members (excludes halogenated alkanes) is 1. The van der Waals surface area contributed by atoms with Gasteiger partial charge in [-0.15, -0.1) is 0 Å². The minimum atomic E-state index is -0.436. The maximum Gasteiger partial charge on any atom is 0.109 e. The fourth-order valence-electron chi connectivity index (χ4n) is 1.15. The topological polar surface area (TPSA) is 27.1 Å². The number of alkyl halides is 1. The van der Waals surface area contributed by atoms with Gasteiger partial charge in [0, 0.05) is 12.8 Å². The quantitative estimate of drug-likeness (QED) is 0.679. The molecular formula is C10H16ClFN2O. The Morgan fingerprint density at radius 3 is 3.07 bits per heavy atom. The molecule has 5 heteroatoms. The molecule has 1 heterocycles. The zero-order valence-corrected chi connectivity index (χ0v) is 9.63. The van der Waals surface area contributed by atoms with E-state index in [1.807, 2.05) is 0 Å². The number of hydrogen-bond donors (Lipinski definition) is 0. The smallest absolute Gasteiger partial charge is 0.109 e. The third kappa shape index (κ3) is 4.18. The van der Waals surface area contributed by atoms with Gasteiger partial charge in [0.15, 0.2) is 0 Å². The Kier molecular flexibility index (Phi) is 5.65. The van der Waals surface area contributed by atoms with Crippen molar-refractivity contribution in [2.24, 2.45) is 0 Å². The van der Waals surface area contributed by atoms with E-state index >= 15 is 0 Å². The number of nitrogens with zero attached hydrogens (tertiary/aromatic N) is 2. The van der Waals surface area contributed by atoms with E-state index in [0.29, 0.717) is 23.9 Å². The molecule has 1 aromatic heterocycles. The monoisotopic (exact) mass is 234 g/mol. The SMILES string of the molecule is CCCCOCc1nn(CCF)cc1Cl. The van der Waals surface area contributed by atoms with Crippen molar-refractivity contribution in [3.63, 3.8) is 0 Å². The molecule has 1 rings (SSSR count). The Bertz CT molecular complexity index is 291. The van der Waals surface area contributed by atoms with Gasteiger partial charge in [-0.25, -0.2) is 4.39 Å². The Labute approximate surface area is 94.2 Å². The Morgan fingerprint density at radius 1 is 1.60 bits per heavy atom. The molecule has 0 aliphatic rings. The van der Waals surface area contributed by atoms with Crippen molar-refractivity contribution in [1.82, 2.24) is 9.78 Å². The van der Waals surface area contributed by atoms with E-state index in [-0.39, 0.29) is 6.54 Å². The summed E-state index contributed by atoms with van der Waals surface area (Å²) in [5, 5.41) is 4.66. The van der Waals surface area contributed by atoms with E-state index in [4.69, 9.17) is 16.3 Å². The Morgan fingerprint density at radius 2 is 2.40 bits per heavy atom. The molecule has 0 amide bonds. The molecule has 0 aliphatic carbocycles. The fraction of sp³-hybridized carbons (Fsp3) is 0.700.